The summed E-state index contributed by atoms with van der Waals surface area (Å²) in [7, 11) is 1.17. The zero-order valence-electron chi connectivity index (χ0n) is 12.8. The number of methoxy groups -OCH3 is 1. The number of aliphatic hydroxyl groups is 1. The van der Waals surface area contributed by atoms with Gasteiger partial charge in [-0.05, 0) is 6.92 Å². The molecule has 1 aliphatic carbocycles. The van der Waals surface area contributed by atoms with Gasteiger partial charge in [-0.3, -0.25) is 9.59 Å². The van der Waals surface area contributed by atoms with E-state index in [1.807, 2.05) is 0 Å². The molecular formula is C15H17NO6. The summed E-state index contributed by atoms with van der Waals surface area (Å²) in [6.45, 7) is 4.89. The molecule has 0 aromatic carbocycles. The predicted molar refractivity (Wildman–Crippen MR) is 74.1 cm³/mol. The summed E-state index contributed by atoms with van der Waals surface area (Å²) >= 11 is 0. The Morgan fingerprint density at radius 1 is 1.45 bits per heavy atom. The molecule has 1 N–H and O–H groups in total. The van der Waals surface area contributed by atoms with E-state index < -0.39 is 34.6 Å². The van der Waals surface area contributed by atoms with Crippen molar-refractivity contribution < 1.29 is 28.8 Å². The van der Waals surface area contributed by atoms with E-state index in [9.17, 15) is 19.5 Å². The van der Waals surface area contributed by atoms with Gasteiger partial charge in [-0.1, -0.05) is 19.0 Å². The van der Waals surface area contributed by atoms with Crippen LogP contribution in [-0.4, -0.2) is 34.9 Å². The average Bonchev–Trinajstić information content (AvgIpc) is 2.83. The fourth-order valence-electron chi connectivity index (χ4n) is 2.64. The highest BCUT2D eigenvalue weighted by Gasteiger charge is 2.47. The molecule has 1 atom stereocenters. The Hall–Kier alpha value is -2.44. The van der Waals surface area contributed by atoms with Crippen molar-refractivity contribution in [3.63, 3.8) is 0 Å². The highest BCUT2D eigenvalue weighted by atomic mass is 16.5. The number of esters is 1. The van der Waals surface area contributed by atoms with Crippen molar-refractivity contribution in [3.8, 4) is 0 Å². The number of rotatable bonds is 3. The Bertz CT molecular complexity index is 682. The number of carbonyl (C=O) groups is 3. The van der Waals surface area contributed by atoms with Gasteiger partial charge in [0.05, 0.1) is 18.4 Å². The fraction of sp³-hybridized carbons (Fsp3) is 0.467. The molecule has 118 valence electrons. The molecule has 0 aliphatic heterocycles. The van der Waals surface area contributed by atoms with Crippen LogP contribution >= 0.6 is 0 Å². The number of Topliss-reactive ketones (excluding diaryl/α,β-unsaturated/α-hetero) is 2. The lowest BCUT2D eigenvalue weighted by Gasteiger charge is -2.33. The van der Waals surface area contributed by atoms with Gasteiger partial charge < -0.3 is 14.4 Å². The zero-order valence-corrected chi connectivity index (χ0v) is 12.8. The fourth-order valence-corrected chi connectivity index (χ4v) is 2.64. The number of aryl methyl sites for hydroxylation is 1. The van der Waals surface area contributed by atoms with E-state index in [-0.39, 0.29) is 17.8 Å². The summed E-state index contributed by atoms with van der Waals surface area (Å²) in [4.78, 5) is 36.6. The first-order chi connectivity index (χ1) is 10.2. The molecule has 1 aliphatic rings. The number of aromatic nitrogens is 1. The minimum atomic E-state index is -1.46. The molecule has 22 heavy (non-hydrogen) atoms. The van der Waals surface area contributed by atoms with Crippen LogP contribution in [0.5, 0.6) is 0 Å². The van der Waals surface area contributed by atoms with Crippen LogP contribution < -0.4 is 0 Å². The molecule has 2 rings (SSSR count). The molecule has 1 unspecified atom stereocenters. The lowest BCUT2D eigenvalue weighted by molar-refractivity contribution is -0.138. The molecule has 0 fully saturated rings. The zero-order chi connectivity index (χ0) is 16.7. The van der Waals surface area contributed by atoms with Gasteiger partial charge in [-0.25, -0.2) is 4.79 Å². The minimum Gasteiger partial charge on any atom is -0.510 e. The van der Waals surface area contributed by atoms with Crippen LogP contribution in [0.15, 0.2) is 21.9 Å². The minimum absolute atomic E-state index is 0.0645. The van der Waals surface area contributed by atoms with Crippen molar-refractivity contribution in [1.29, 1.82) is 0 Å². The van der Waals surface area contributed by atoms with E-state index in [0.717, 1.165) is 0 Å². The molecule has 0 amide bonds. The maximum Gasteiger partial charge on any atom is 0.337 e. The number of aliphatic hydroxyl groups excluding tert-OH is 1. The number of hydrogen-bond acceptors (Lipinski definition) is 7. The Labute approximate surface area is 126 Å². The average molecular weight is 307 g/mol. The van der Waals surface area contributed by atoms with Gasteiger partial charge in [0.15, 0.2) is 5.78 Å². The first kappa shape index (κ1) is 15.9. The van der Waals surface area contributed by atoms with E-state index in [1.54, 1.807) is 20.8 Å². The van der Waals surface area contributed by atoms with Crippen molar-refractivity contribution in [1.82, 2.24) is 5.16 Å². The Balaban J connectivity index is 2.53. The number of ether oxygens (including phenoxy) is 1. The molecule has 1 aromatic rings. The number of hydrogen-bond donors (Lipinski definition) is 1. The highest BCUT2D eigenvalue weighted by molar-refractivity contribution is 6.14. The maximum absolute atomic E-state index is 12.4. The third-order valence-electron chi connectivity index (χ3n) is 3.67. The summed E-state index contributed by atoms with van der Waals surface area (Å²) in [6.07, 6.45) is -0.0645. The van der Waals surface area contributed by atoms with Crippen molar-refractivity contribution >= 4 is 17.5 Å². The molecule has 0 spiro atoms. The Morgan fingerprint density at radius 2 is 2.09 bits per heavy atom. The van der Waals surface area contributed by atoms with Crippen molar-refractivity contribution in [2.75, 3.05) is 7.11 Å². The molecule has 1 aromatic heterocycles. The first-order valence-corrected chi connectivity index (χ1v) is 6.71. The number of allylic oxidation sites excluding steroid dienone is 1. The second kappa shape index (κ2) is 5.40. The van der Waals surface area contributed by atoms with Gasteiger partial charge in [0.1, 0.15) is 11.7 Å². The third-order valence-corrected chi connectivity index (χ3v) is 3.67. The largest absolute Gasteiger partial charge is 0.510 e. The van der Waals surface area contributed by atoms with Crippen LogP contribution in [0.4, 0.5) is 0 Å². The lowest BCUT2D eigenvalue weighted by Crippen LogP contribution is -2.40. The quantitative estimate of drug-likeness (QED) is 0.515. The van der Waals surface area contributed by atoms with Crippen LogP contribution in [-0.2, 0) is 14.3 Å². The molecule has 1 heterocycles. The summed E-state index contributed by atoms with van der Waals surface area (Å²) in [5.74, 6) is -4.14. The van der Waals surface area contributed by atoms with Gasteiger partial charge >= 0.3 is 5.97 Å². The van der Waals surface area contributed by atoms with Gasteiger partial charge in [-0.15, -0.1) is 0 Å². The van der Waals surface area contributed by atoms with Crippen LogP contribution in [0.1, 0.15) is 36.5 Å². The normalized spacial score (nSPS) is 20.9. The molecule has 0 radical (unpaired) electrons. The second-order valence-corrected chi connectivity index (χ2v) is 5.91. The number of carbonyl (C=O) groups excluding carboxylic acids is 3. The van der Waals surface area contributed by atoms with E-state index in [4.69, 9.17) is 4.52 Å². The molecule has 0 saturated carbocycles. The Kier molecular flexibility index (Phi) is 3.91. The summed E-state index contributed by atoms with van der Waals surface area (Å²) < 4.78 is 9.50. The van der Waals surface area contributed by atoms with E-state index >= 15 is 0 Å². The molecule has 0 saturated heterocycles. The standard InChI is InChI=1S/C15H17NO6/c1-7-5-9(22-16-7)12(18)10-8(17)6-15(2,3)11(13(10)19)14(20)21-4/h5,10,19H,6H2,1-4H3. The van der Waals surface area contributed by atoms with E-state index in [1.165, 1.54) is 13.2 Å². The SMILES string of the molecule is COC(=O)C1=C(O)C(C(=O)c2cc(C)no2)C(=O)CC1(C)C. The van der Waals surface area contributed by atoms with Gasteiger partial charge in [0.25, 0.3) is 0 Å². The van der Waals surface area contributed by atoms with Crippen molar-refractivity contribution in [2.24, 2.45) is 11.3 Å². The van der Waals surface area contributed by atoms with E-state index in [2.05, 4.69) is 9.89 Å². The second-order valence-electron chi connectivity index (χ2n) is 5.91. The predicted octanol–water partition coefficient (Wildman–Crippen LogP) is 1.77. The molecule has 7 nitrogen and oxygen atoms in total. The van der Waals surface area contributed by atoms with Crippen LogP contribution in [0.3, 0.4) is 0 Å². The summed E-state index contributed by atoms with van der Waals surface area (Å²) in [6, 6.07) is 1.38. The van der Waals surface area contributed by atoms with Crippen molar-refractivity contribution in [3.05, 3.63) is 28.9 Å². The lowest BCUT2D eigenvalue weighted by atomic mass is 9.69. The van der Waals surface area contributed by atoms with Crippen LogP contribution in [0.25, 0.3) is 0 Å². The van der Waals surface area contributed by atoms with Crippen LogP contribution in [0, 0.1) is 18.3 Å². The molecule has 7 heteroatoms. The number of ketones is 2. The highest BCUT2D eigenvalue weighted by Crippen LogP contribution is 2.41. The van der Waals surface area contributed by atoms with Crippen molar-refractivity contribution in [2.45, 2.75) is 27.2 Å². The summed E-state index contributed by atoms with van der Waals surface area (Å²) in [5, 5.41) is 13.9. The van der Waals surface area contributed by atoms with Gasteiger partial charge in [0, 0.05) is 17.9 Å². The van der Waals surface area contributed by atoms with E-state index in [0.29, 0.717) is 5.69 Å². The first-order valence-electron chi connectivity index (χ1n) is 6.71. The van der Waals surface area contributed by atoms with Crippen LogP contribution in [0.2, 0.25) is 0 Å². The maximum atomic E-state index is 12.4. The topological polar surface area (TPSA) is 107 Å². The molecule has 0 bridgehead atoms. The van der Waals surface area contributed by atoms with Gasteiger partial charge in [0.2, 0.25) is 11.5 Å². The molecular weight excluding hydrogens is 290 g/mol. The third kappa shape index (κ3) is 2.54. The van der Waals surface area contributed by atoms with Gasteiger partial charge in [-0.2, -0.15) is 0 Å². The monoisotopic (exact) mass is 307 g/mol. The Morgan fingerprint density at radius 3 is 2.59 bits per heavy atom. The smallest absolute Gasteiger partial charge is 0.337 e. The summed E-state index contributed by atoms with van der Waals surface area (Å²) in [5.41, 5.74) is -0.504. The number of nitrogens with zero attached hydrogens (tertiary/aromatic N) is 1.